The lowest BCUT2D eigenvalue weighted by Crippen LogP contribution is -2.40. The summed E-state index contributed by atoms with van der Waals surface area (Å²) in [5.41, 5.74) is 1.47. The molecule has 0 fully saturated rings. The predicted molar refractivity (Wildman–Crippen MR) is 60.7 cm³/mol. The van der Waals surface area contributed by atoms with Gasteiger partial charge in [0.1, 0.15) is 12.4 Å². The Kier molecular flexibility index (Phi) is 3.31. The first-order valence-corrected chi connectivity index (χ1v) is 5.38. The van der Waals surface area contributed by atoms with E-state index in [9.17, 15) is 14.9 Å². The van der Waals surface area contributed by atoms with Crippen molar-refractivity contribution in [3.8, 4) is 5.75 Å². The molecule has 1 aliphatic rings. The highest BCUT2D eigenvalue weighted by Gasteiger charge is 2.25. The molecule has 0 bridgehead atoms. The third-order valence-corrected chi connectivity index (χ3v) is 2.59. The molecule has 1 aromatic carbocycles. The van der Waals surface area contributed by atoms with Gasteiger partial charge in [-0.2, -0.15) is 0 Å². The van der Waals surface area contributed by atoms with Crippen molar-refractivity contribution in [3.63, 3.8) is 0 Å². The highest BCUT2D eigenvalue weighted by molar-refractivity contribution is 5.97. The summed E-state index contributed by atoms with van der Waals surface area (Å²) in [6.45, 7) is 1.94. The largest absolute Gasteiger partial charge is 0.472 e. The van der Waals surface area contributed by atoms with Crippen LogP contribution < -0.4 is 4.74 Å². The van der Waals surface area contributed by atoms with Gasteiger partial charge in [0.15, 0.2) is 6.73 Å². The summed E-state index contributed by atoms with van der Waals surface area (Å²) in [6.07, 6.45) is 0. The summed E-state index contributed by atoms with van der Waals surface area (Å²) in [6, 6.07) is 5.29. The second-order valence-electron chi connectivity index (χ2n) is 3.90. The first kappa shape index (κ1) is 12.2. The van der Waals surface area contributed by atoms with Crippen LogP contribution in [-0.4, -0.2) is 35.8 Å². The van der Waals surface area contributed by atoms with E-state index >= 15 is 0 Å². The average molecular weight is 252 g/mol. The molecule has 0 spiro atoms. The molecule has 0 aromatic heterocycles. The Morgan fingerprint density at radius 1 is 1.56 bits per heavy atom. The van der Waals surface area contributed by atoms with Crippen molar-refractivity contribution in [2.75, 3.05) is 19.9 Å². The molecule has 1 aromatic rings. The van der Waals surface area contributed by atoms with Gasteiger partial charge in [-0.1, -0.05) is 6.07 Å². The van der Waals surface area contributed by atoms with Crippen LogP contribution in [0, 0.1) is 17.0 Å². The molecular weight excluding hydrogens is 240 g/mol. The van der Waals surface area contributed by atoms with Gasteiger partial charge in [0, 0.05) is 6.54 Å². The minimum atomic E-state index is -0.882. The molecule has 18 heavy (non-hydrogen) atoms. The Morgan fingerprint density at radius 2 is 2.33 bits per heavy atom. The van der Waals surface area contributed by atoms with Gasteiger partial charge in [0.25, 0.3) is 11.0 Å². The Balaban J connectivity index is 2.04. The summed E-state index contributed by atoms with van der Waals surface area (Å²) in [5.74, 6) is 0.342. The van der Waals surface area contributed by atoms with Gasteiger partial charge in [-0.15, -0.1) is 10.1 Å². The van der Waals surface area contributed by atoms with Crippen LogP contribution in [0.4, 0.5) is 0 Å². The minimum absolute atomic E-state index is 0.0797. The van der Waals surface area contributed by atoms with Crippen LogP contribution in [0.2, 0.25) is 0 Å². The second kappa shape index (κ2) is 4.91. The van der Waals surface area contributed by atoms with Crippen molar-refractivity contribution >= 4 is 5.91 Å². The summed E-state index contributed by atoms with van der Waals surface area (Å²) in [7, 11) is 0. The van der Waals surface area contributed by atoms with Crippen LogP contribution in [0.3, 0.4) is 0 Å². The fourth-order valence-corrected chi connectivity index (χ4v) is 1.69. The van der Waals surface area contributed by atoms with Crippen LogP contribution in [0.1, 0.15) is 15.9 Å². The van der Waals surface area contributed by atoms with Gasteiger partial charge in [-0.05, 0) is 24.6 Å². The summed E-state index contributed by atoms with van der Waals surface area (Å²) in [5, 5.41) is 9.12. The predicted octanol–water partition coefficient (Wildman–Crippen LogP) is 0.995. The van der Waals surface area contributed by atoms with E-state index in [0.29, 0.717) is 11.3 Å². The maximum absolute atomic E-state index is 12.0. The molecule has 0 N–H and O–H groups in total. The van der Waals surface area contributed by atoms with Crippen LogP contribution in [0.25, 0.3) is 0 Å². The number of fused-ring (bicyclic) bond motifs is 1. The van der Waals surface area contributed by atoms with Crippen molar-refractivity contribution < 1.29 is 19.5 Å². The van der Waals surface area contributed by atoms with Gasteiger partial charge < -0.3 is 14.5 Å². The second-order valence-corrected chi connectivity index (χ2v) is 3.90. The number of benzene rings is 1. The van der Waals surface area contributed by atoms with Crippen molar-refractivity contribution in [1.82, 2.24) is 4.90 Å². The first-order chi connectivity index (χ1) is 8.58. The monoisotopic (exact) mass is 252 g/mol. The maximum Gasteiger partial charge on any atom is 0.294 e. The number of ether oxygens (including phenoxy) is 1. The molecule has 7 heteroatoms. The summed E-state index contributed by atoms with van der Waals surface area (Å²) in [4.78, 5) is 27.6. The van der Waals surface area contributed by atoms with E-state index in [0.717, 1.165) is 5.56 Å². The van der Waals surface area contributed by atoms with E-state index in [1.54, 1.807) is 12.1 Å². The lowest BCUT2D eigenvalue weighted by atomic mass is 10.1. The number of nitrogens with zero attached hydrogens (tertiary/aromatic N) is 2. The lowest BCUT2D eigenvalue weighted by Gasteiger charge is -2.28. The minimum Gasteiger partial charge on any atom is -0.472 e. The third kappa shape index (κ3) is 2.50. The average Bonchev–Trinajstić information content (AvgIpc) is 2.31. The SMILES string of the molecule is Cc1ccc2c(c1)OCN(CCO[N+](=O)[O-])C2=O. The number of hydrogen-bond acceptors (Lipinski definition) is 5. The number of carbonyl (C=O) groups excluding carboxylic acids is 1. The third-order valence-electron chi connectivity index (χ3n) is 2.59. The number of rotatable bonds is 4. The Bertz CT molecular complexity index is 488. The Hall–Kier alpha value is -2.31. The molecule has 0 radical (unpaired) electrons. The van der Waals surface area contributed by atoms with Gasteiger partial charge in [-0.3, -0.25) is 4.79 Å². The highest BCUT2D eigenvalue weighted by atomic mass is 16.9. The van der Waals surface area contributed by atoms with Crippen LogP contribution in [-0.2, 0) is 4.84 Å². The number of amides is 1. The van der Waals surface area contributed by atoms with E-state index in [1.165, 1.54) is 4.90 Å². The zero-order chi connectivity index (χ0) is 13.1. The molecule has 1 heterocycles. The number of aryl methyl sites for hydroxylation is 1. The van der Waals surface area contributed by atoms with E-state index in [1.807, 2.05) is 13.0 Å². The molecule has 0 saturated heterocycles. The van der Waals surface area contributed by atoms with Gasteiger partial charge in [0.05, 0.1) is 5.56 Å². The van der Waals surface area contributed by atoms with Crippen LogP contribution >= 0.6 is 0 Å². The molecule has 0 aliphatic carbocycles. The van der Waals surface area contributed by atoms with E-state index < -0.39 is 5.09 Å². The van der Waals surface area contributed by atoms with Crippen LogP contribution in [0.15, 0.2) is 18.2 Å². The Morgan fingerprint density at radius 3 is 3.06 bits per heavy atom. The van der Waals surface area contributed by atoms with Gasteiger partial charge in [0.2, 0.25) is 0 Å². The summed E-state index contributed by atoms with van der Waals surface area (Å²) < 4.78 is 5.42. The molecule has 0 unspecified atom stereocenters. The van der Waals surface area contributed by atoms with Crippen molar-refractivity contribution in [2.45, 2.75) is 6.92 Å². The van der Waals surface area contributed by atoms with Crippen molar-refractivity contribution in [2.24, 2.45) is 0 Å². The van der Waals surface area contributed by atoms with E-state index in [2.05, 4.69) is 4.84 Å². The van der Waals surface area contributed by atoms with Crippen molar-refractivity contribution in [3.05, 3.63) is 39.4 Å². The normalized spacial score (nSPS) is 13.8. The lowest BCUT2D eigenvalue weighted by molar-refractivity contribution is -0.757. The molecule has 0 atom stereocenters. The molecular formula is C11H12N2O5. The number of hydrogen-bond donors (Lipinski definition) is 0. The molecule has 96 valence electrons. The molecule has 1 amide bonds. The first-order valence-electron chi connectivity index (χ1n) is 5.38. The highest BCUT2D eigenvalue weighted by Crippen LogP contribution is 2.25. The fraction of sp³-hybridized carbons (Fsp3) is 0.364. The standard InChI is InChI=1S/C11H12N2O5/c1-8-2-3-9-10(6-8)17-7-12(11(9)14)4-5-18-13(15)16/h2-3,6H,4-5,7H2,1H3. The van der Waals surface area contributed by atoms with Crippen molar-refractivity contribution in [1.29, 1.82) is 0 Å². The van der Waals surface area contributed by atoms with Gasteiger partial charge >= 0.3 is 0 Å². The quantitative estimate of drug-likeness (QED) is 0.589. The van der Waals surface area contributed by atoms with E-state index in [-0.39, 0.29) is 25.8 Å². The molecule has 2 rings (SSSR count). The zero-order valence-corrected chi connectivity index (χ0v) is 9.79. The van der Waals surface area contributed by atoms with Gasteiger partial charge in [-0.25, -0.2) is 0 Å². The topological polar surface area (TPSA) is 81.9 Å². The maximum atomic E-state index is 12.0. The van der Waals surface area contributed by atoms with E-state index in [4.69, 9.17) is 4.74 Å². The summed E-state index contributed by atoms with van der Waals surface area (Å²) >= 11 is 0. The molecule has 0 saturated carbocycles. The smallest absolute Gasteiger partial charge is 0.294 e. The van der Waals surface area contributed by atoms with Crippen LogP contribution in [0.5, 0.6) is 5.75 Å². The molecule has 7 nitrogen and oxygen atoms in total. The molecule has 1 aliphatic heterocycles. The number of carbonyl (C=O) groups is 1. The zero-order valence-electron chi connectivity index (χ0n) is 9.79. The fourth-order valence-electron chi connectivity index (χ4n) is 1.69. The Labute approximate surface area is 103 Å².